The summed E-state index contributed by atoms with van der Waals surface area (Å²) in [6, 6.07) is 14.1. The lowest BCUT2D eigenvalue weighted by Crippen LogP contribution is -2.39. The molecule has 1 aliphatic rings. The minimum absolute atomic E-state index is 0.0873. The van der Waals surface area contributed by atoms with Gasteiger partial charge in [-0.2, -0.15) is 0 Å². The standard InChI is InChI=1S/C23H26N2O2/c1-15(2)22-24-20-13-17(10-11-21(20)27-22)23(26)25-12-6-8-18(14-25)19-9-5-4-7-16(19)3/h4-5,7,9-11,13,15,18H,6,8,12,14H2,1-3H3/t18-/m1/s1. The number of carbonyl (C=O) groups is 1. The maximum atomic E-state index is 13.1. The first-order chi connectivity index (χ1) is 13.0. The van der Waals surface area contributed by atoms with Gasteiger partial charge in [0.2, 0.25) is 0 Å². The maximum Gasteiger partial charge on any atom is 0.253 e. The lowest BCUT2D eigenvalue weighted by atomic mass is 9.88. The molecule has 2 heterocycles. The summed E-state index contributed by atoms with van der Waals surface area (Å²) in [5, 5.41) is 0. The summed E-state index contributed by atoms with van der Waals surface area (Å²) < 4.78 is 5.76. The van der Waals surface area contributed by atoms with Gasteiger partial charge < -0.3 is 9.32 Å². The Bertz CT molecular complexity index is 973. The topological polar surface area (TPSA) is 46.3 Å². The van der Waals surface area contributed by atoms with Crippen molar-refractivity contribution in [3.05, 3.63) is 65.0 Å². The lowest BCUT2D eigenvalue weighted by Gasteiger charge is -2.33. The van der Waals surface area contributed by atoms with Gasteiger partial charge in [-0.1, -0.05) is 38.1 Å². The van der Waals surface area contributed by atoms with Crippen molar-refractivity contribution in [2.45, 2.75) is 45.4 Å². The Hall–Kier alpha value is -2.62. The third kappa shape index (κ3) is 3.48. The number of benzene rings is 2. The van der Waals surface area contributed by atoms with E-state index in [1.165, 1.54) is 11.1 Å². The minimum atomic E-state index is 0.0873. The Kier molecular flexibility index (Phi) is 4.73. The molecule has 0 unspecified atom stereocenters. The monoisotopic (exact) mass is 362 g/mol. The van der Waals surface area contributed by atoms with Gasteiger partial charge in [-0.25, -0.2) is 4.98 Å². The van der Waals surface area contributed by atoms with Gasteiger partial charge in [-0.05, 0) is 49.1 Å². The molecule has 4 heteroatoms. The number of hydrogen-bond acceptors (Lipinski definition) is 3. The molecule has 1 amide bonds. The van der Waals surface area contributed by atoms with Crippen LogP contribution in [0, 0.1) is 6.92 Å². The van der Waals surface area contributed by atoms with Crippen LogP contribution in [0.25, 0.3) is 11.1 Å². The van der Waals surface area contributed by atoms with Crippen LogP contribution in [0.15, 0.2) is 46.9 Å². The summed E-state index contributed by atoms with van der Waals surface area (Å²) in [4.78, 5) is 19.6. The van der Waals surface area contributed by atoms with Crippen molar-refractivity contribution >= 4 is 17.0 Å². The molecule has 1 saturated heterocycles. The van der Waals surface area contributed by atoms with Crippen molar-refractivity contribution < 1.29 is 9.21 Å². The number of piperidine rings is 1. The Morgan fingerprint density at radius 1 is 1.22 bits per heavy atom. The van der Waals surface area contributed by atoms with Gasteiger partial charge in [-0.15, -0.1) is 0 Å². The van der Waals surface area contributed by atoms with Gasteiger partial charge in [0, 0.05) is 30.5 Å². The van der Waals surface area contributed by atoms with Crippen LogP contribution in [0.2, 0.25) is 0 Å². The fraction of sp³-hybridized carbons (Fsp3) is 0.391. The summed E-state index contributed by atoms with van der Waals surface area (Å²) in [6.07, 6.45) is 2.17. The highest BCUT2D eigenvalue weighted by Crippen LogP contribution is 2.30. The maximum absolute atomic E-state index is 13.1. The first-order valence-electron chi connectivity index (χ1n) is 9.78. The van der Waals surface area contributed by atoms with Crippen LogP contribution in [0.3, 0.4) is 0 Å². The van der Waals surface area contributed by atoms with Crippen molar-refractivity contribution in [2.75, 3.05) is 13.1 Å². The zero-order valence-corrected chi connectivity index (χ0v) is 16.2. The van der Waals surface area contributed by atoms with Crippen molar-refractivity contribution in [3.63, 3.8) is 0 Å². The molecule has 1 aliphatic heterocycles. The third-order valence-corrected chi connectivity index (χ3v) is 5.48. The molecule has 2 aromatic carbocycles. The van der Waals surface area contributed by atoms with Gasteiger partial charge >= 0.3 is 0 Å². The smallest absolute Gasteiger partial charge is 0.253 e. The van der Waals surface area contributed by atoms with E-state index in [2.05, 4.69) is 50.0 Å². The van der Waals surface area contributed by atoms with Gasteiger partial charge in [0.05, 0.1) is 0 Å². The fourth-order valence-corrected chi connectivity index (χ4v) is 3.97. The Morgan fingerprint density at radius 3 is 2.81 bits per heavy atom. The average Bonchev–Trinajstić information content (AvgIpc) is 3.11. The average molecular weight is 362 g/mol. The number of fused-ring (bicyclic) bond motifs is 1. The molecule has 0 saturated carbocycles. The number of likely N-dealkylation sites (tertiary alicyclic amines) is 1. The molecule has 140 valence electrons. The third-order valence-electron chi connectivity index (χ3n) is 5.48. The summed E-state index contributed by atoms with van der Waals surface area (Å²) in [7, 11) is 0. The van der Waals surface area contributed by atoms with Gasteiger partial charge in [-0.3, -0.25) is 4.79 Å². The van der Waals surface area contributed by atoms with Gasteiger partial charge in [0.25, 0.3) is 5.91 Å². The number of carbonyl (C=O) groups excluding carboxylic acids is 1. The number of rotatable bonds is 3. The van der Waals surface area contributed by atoms with Crippen molar-refractivity contribution in [1.82, 2.24) is 9.88 Å². The molecular weight excluding hydrogens is 336 g/mol. The number of hydrogen-bond donors (Lipinski definition) is 0. The SMILES string of the molecule is Cc1ccccc1[C@@H]1CCCN(C(=O)c2ccc3oc(C(C)C)nc3c2)C1. The Morgan fingerprint density at radius 2 is 2.04 bits per heavy atom. The molecule has 27 heavy (non-hydrogen) atoms. The summed E-state index contributed by atoms with van der Waals surface area (Å²) in [6.45, 7) is 7.85. The van der Waals surface area contributed by atoms with E-state index in [1.807, 2.05) is 23.1 Å². The zero-order valence-electron chi connectivity index (χ0n) is 16.2. The summed E-state index contributed by atoms with van der Waals surface area (Å²) in [5.41, 5.74) is 4.87. The van der Waals surface area contributed by atoms with E-state index in [0.717, 1.165) is 37.0 Å². The minimum Gasteiger partial charge on any atom is -0.440 e. The predicted molar refractivity (Wildman–Crippen MR) is 107 cm³/mol. The molecule has 3 aromatic rings. The van der Waals surface area contributed by atoms with E-state index in [9.17, 15) is 4.79 Å². The van der Waals surface area contributed by atoms with Crippen LogP contribution >= 0.6 is 0 Å². The molecular formula is C23H26N2O2. The highest BCUT2D eigenvalue weighted by molar-refractivity contribution is 5.97. The highest BCUT2D eigenvalue weighted by atomic mass is 16.3. The molecule has 4 rings (SSSR count). The molecule has 0 N–H and O–H groups in total. The largest absolute Gasteiger partial charge is 0.440 e. The normalized spacial score (nSPS) is 17.6. The van der Waals surface area contributed by atoms with E-state index in [4.69, 9.17) is 4.42 Å². The molecule has 4 nitrogen and oxygen atoms in total. The second-order valence-corrected chi connectivity index (χ2v) is 7.84. The number of aromatic nitrogens is 1. The highest BCUT2D eigenvalue weighted by Gasteiger charge is 2.26. The summed E-state index contributed by atoms with van der Waals surface area (Å²) >= 11 is 0. The quantitative estimate of drug-likeness (QED) is 0.637. The van der Waals surface area contributed by atoms with Crippen LogP contribution in [0.1, 0.15) is 65.9 Å². The first kappa shape index (κ1) is 17.8. The number of nitrogens with zero attached hydrogens (tertiary/aromatic N) is 2. The van der Waals surface area contributed by atoms with Crippen molar-refractivity contribution in [1.29, 1.82) is 0 Å². The predicted octanol–water partition coefficient (Wildman–Crippen LogP) is 5.28. The van der Waals surface area contributed by atoms with Crippen molar-refractivity contribution in [3.8, 4) is 0 Å². The van der Waals surface area contributed by atoms with Crippen LogP contribution in [-0.2, 0) is 0 Å². The fourth-order valence-electron chi connectivity index (χ4n) is 3.97. The zero-order chi connectivity index (χ0) is 19.0. The molecule has 0 bridgehead atoms. The second-order valence-electron chi connectivity index (χ2n) is 7.84. The lowest BCUT2D eigenvalue weighted by molar-refractivity contribution is 0.0707. The second kappa shape index (κ2) is 7.18. The van der Waals surface area contributed by atoms with E-state index >= 15 is 0 Å². The Labute approximate surface area is 160 Å². The first-order valence-corrected chi connectivity index (χ1v) is 9.78. The van der Waals surface area contributed by atoms with Crippen LogP contribution in [0.5, 0.6) is 0 Å². The molecule has 1 aromatic heterocycles. The Balaban J connectivity index is 1.56. The van der Waals surface area contributed by atoms with Crippen LogP contribution in [-0.4, -0.2) is 28.9 Å². The number of aryl methyl sites for hydroxylation is 1. The van der Waals surface area contributed by atoms with E-state index in [1.54, 1.807) is 0 Å². The molecule has 1 fully saturated rings. The van der Waals surface area contributed by atoms with Gasteiger partial charge in [0.1, 0.15) is 5.52 Å². The summed E-state index contributed by atoms with van der Waals surface area (Å²) in [5.74, 6) is 1.44. The van der Waals surface area contributed by atoms with Gasteiger partial charge in [0.15, 0.2) is 11.5 Å². The van der Waals surface area contributed by atoms with Crippen LogP contribution in [0.4, 0.5) is 0 Å². The van der Waals surface area contributed by atoms with Crippen LogP contribution < -0.4 is 0 Å². The van der Waals surface area contributed by atoms with E-state index in [-0.39, 0.29) is 11.8 Å². The molecule has 0 spiro atoms. The van der Waals surface area contributed by atoms with E-state index < -0.39 is 0 Å². The van der Waals surface area contributed by atoms with E-state index in [0.29, 0.717) is 17.4 Å². The number of oxazole rings is 1. The number of amides is 1. The molecule has 1 atom stereocenters. The molecule has 0 radical (unpaired) electrons. The molecule has 0 aliphatic carbocycles. The van der Waals surface area contributed by atoms with Crippen molar-refractivity contribution in [2.24, 2.45) is 0 Å².